The second-order valence-corrected chi connectivity index (χ2v) is 3.11. The SMILES string of the molecule is Fc1cc(F)c(C(F)(F)F)c(CBr)c1. The lowest BCUT2D eigenvalue weighted by Gasteiger charge is -2.12. The molecule has 0 N–H and O–H groups in total. The van der Waals surface area contributed by atoms with E-state index in [4.69, 9.17) is 0 Å². The lowest BCUT2D eigenvalue weighted by Crippen LogP contribution is -2.12. The Kier molecular flexibility index (Phi) is 3.14. The van der Waals surface area contributed by atoms with Crippen molar-refractivity contribution < 1.29 is 22.0 Å². The van der Waals surface area contributed by atoms with Crippen LogP contribution in [0.25, 0.3) is 0 Å². The van der Waals surface area contributed by atoms with Crippen molar-refractivity contribution in [1.82, 2.24) is 0 Å². The van der Waals surface area contributed by atoms with Gasteiger partial charge in [0, 0.05) is 11.4 Å². The molecule has 0 nitrogen and oxygen atoms in total. The van der Waals surface area contributed by atoms with Gasteiger partial charge in [0.2, 0.25) is 0 Å². The third-order valence-corrected chi connectivity index (χ3v) is 2.17. The molecule has 0 radical (unpaired) electrons. The van der Waals surface area contributed by atoms with Crippen LogP contribution in [0.3, 0.4) is 0 Å². The summed E-state index contributed by atoms with van der Waals surface area (Å²) < 4.78 is 62.1. The van der Waals surface area contributed by atoms with Gasteiger partial charge in [-0.25, -0.2) is 8.78 Å². The van der Waals surface area contributed by atoms with Crippen molar-refractivity contribution >= 4 is 15.9 Å². The Bertz CT molecular complexity index is 344. The topological polar surface area (TPSA) is 0 Å². The molecule has 0 amide bonds. The zero-order valence-electron chi connectivity index (χ0n) is 6.63. The van der Waals surface area contributed by atoms with Crippen LogP contribution in [0, 0.1) is 11.6 Å². The van der Waals surface area contributed by atoms with Crippen LogP contribution in [0.2, 0.25) is 0 Å². The summed E-state index contributed by atoms with van der Waals surface area (Å²) in [7, 11) is 0. The third-order valence-electron chi connectivity index (χ3n) is 1.56. The van der Waals surface area contributed by atoms with Gasteiger partial charge in [0.05, 0.1) is 5.56 Å². The van der Waals surface area contributed by atoms with E-state index in [9.17, 15) is 22.0 Å². The summed E-state index contributed by atoms with van der Waals surface area (Å²) in [6.07, 6.45) is -4.80. The molecule has 14 heavy (non-hydrogen) atoms. The first kappa shape index (κ1) is 11.4. The minimum absolute atomic E-state index is 0.217. The molecule has 6 heteroatoms. The monoisotopic (exact) mass is 274 g/mol. The highest BCUT2D eigenvalue weighted by Gasteiger charge is 2.36. The molecule has 0 spiro atoms. The zero-order valence-corrected chi connectivity index (χ0v) is 8.22. The molecule has 0 aliphatic heterocycles. The minimum Gasteiger partial charge on any atom is -0.207 e. The van der Waals surface area contributed by atoms with Gasteiger partial charge in [-0.1, -0.05) is 15.9 Å². The lowest BCUT2D eigenvalue weighted by molar-refractivity contribution is -0.140. The van der Waals surface area contributed by atoms with E-state index in [1.165, 1.54) is 0 Å². The molecule has 78 valence electrons. The van der Waals surface area contributed by atoms with Crippen LogP contribution in [-0.4, -0.2) is 0 Å². The second kappa shape index (κ2) is 3.84. The van der Waals surface area contributed by atoms with Crippen LogP contribution >= 0.6 is 15.9 Å². The molecular formula is C8H4BrF5. The highest BCUT2D eigenvalue weighted by molar-refractivity contribution is 9.08. The van der Waals surface area contributed by atoms with Gasteiger partial charge in [0.25, 0.3) is 0 Å². The van der Waals surface area contributed by atoms with Crippen molar-refractivity contribution in [2.24, 2.45) is 0 Å². The largest absolute Gasteiger partial charge is 0.419 e. The highest BCUT2D eigenvalue weighted by atomic mass is 79.9. The number of benzene rings is 1. The Morgan fingerprint density at radius 2 is 1.71 bits per heavy atom. The minimum atomic E-state index is -4.80. The van der Waals surface area contributed by atoms with Crippen LogP contribution in [-0.2, 0) is 11.5 Å². The number of hydrogen-bond donors (Lipinski definition) is 0. The molecule has 0 heterocycles. The van der Waals surface area contributed by atoms with Crippen molar-refractivity contribution in [2.45, 2.75) is 11.5 Å². The van der Waals surface area contributed by atoms with E-state index in [0.29, 0.717) is 6.07 Å². The summed E-state index contributed by atoms with van der Waals surface area (Å²) in [6.45, 7) is 0. The maximum atomic E-state index is 12.8. The molecule has 0 atom stereocenters. The Morgan fingerprint density at radius 3 is 2.14 bits per heavy atom. The summed E-state index contributed by atoms with van der Waals surface area (Å²) in [5.74, 6) is -2.61. The maximum absolute atomic E-state index is 12.8. The summed E-state index contributed by atoms with van der Waals surface area (Å²) in [5.41, 5.74) is -1.87. The van der Waals surface area contributed by atoms with Gasteiger partial charge in [-0.15, -0.1) is 0 Å². The van der Waals surface area contributed by atoms with E-state index in [0.717, 1.165) is 0 Å². The van der Waals surface area contributed by atoms with Crippen LogP contribution in [0.15, 0.2) is 12.1 Å². The number of halogens is 6. The van der Waals surface area contributed by atoms with E-state index >= 15 is 0 Å². The third kappa shape index (κ3) is 2.23. The molecule has 0 bridgehead atoms. The fourth-order valence-corrected chi connectivity index (χ4v) is 1.49. The normalized spacial score (nSPS) is 11.9. The van der Waals surface area contributed by atoms with E-state index in [2.05, 4.69) is 15.9 Å². The van der Waals surface area contributed by atoms with Crippen molar-refractivity contribution in [3.63, 3.8) is 0 Å². The van der Waals surface area contributed by atoms with Crippen LogP contribution in [0.1, 0.15) is 11.1 Å². The summed E-state index contributed by atoms with van der Waals surface area (Å²) in [4.78, 5) is 0. The molecule has 1 rings (SSSR count). The first-order chi connectivity index (χ1) is 6.36. The Hall–Kier alpha value is -0.650. The van der Waals surface area contributed by atoms with E-state index < -0.39 is 28.9 Å². The first-order valence-corrected chi connectivity index (χ1v) is 4.59. The molecule has 0 saturated carbocycles. The Balaban J connectivity index is 3.40. The first-order valence-electron chi connectivity index (χ1n) is 3.47. The number of alkyl halides is 4. The molecule has 0 aliphatic carbocycles. The van der Waals surface area contributed by atoms with Crippen molar-refractivity contribution in [3.05, 3.63) is 34.9 Å². The maximum Gasteiger partial charge on any atom is 0.419 e. The standard InChI is InChI=1S/C8H4BrF5/c9-3-4-1-5(10)2-6(11)7(4)8(12,13)14/h1-2H,3H2. The molecule has 0 unspecified atom stereocenters. The molecule has 0 aliphatic rings. The highest BCUT2D eigenvalue weighted by Crippen LogP contribution is 2.35. The van der Waals surface area contributed by atoms with Gasteiger partial charge in [-0.2, -0.15) is 13.2 Å². The van der Waals surface area contributed by atoms with Gasteiger partial charge < -0.3 is 0 Å². The van der Waals surface area contributed by atoms with Crippen molar-refractivity contribution in [1.29, 1.82) is 0 Å². The molecule has 1 aromatic rings. The summed E-state index contributed by atoms with van der Waals surface area (Å²) in [6, 6.07) is 0.871. The summed E-state index contributed by atoms with van der Waals surface area (Å²) >= 11 is 2.74. The molecule has 0 saturated heterocycles. The zero-order chi connectivity index (χ0) is 10.9. The van der Waals surface area contributed by atoms with Gasteiger partial charge in [0.1, 0.15) is 11.6 Å². The van der Waals surface area contributed by atoms with Crippen LogP contribution < -0.4 is 0 Å². The predicted octanol–water partition coefficient (Wildman–Crippen LogP) is 3.88. The number of hydrogen-bond acceptors (Lipinski definition) is 0. The second-order valence-electron chi connectivity index (χ2n) is 2.55. The fraction of sp³-hybridized carbons (Fsp3) is 0.250. The molecule has 1 aromatic carbocycles. The molecule has 0 aromatic heterocycles. The Morgan fingerprint density at radius 1 is 1.14 bits per heavy atom. The Labute approximate surface area is 84.9 Å². The average molecular weight is 275 g/mol. The predicted molar refractivity (Wildman–Crippen MR) is 44.0 cm³/mol. The van der Waals surface area contributed by atoms with Crippen LogP contribution in [0.5, 0.6) is 0 Å². The van der Waals surface area contributed by atoms with E-state index in [1.54, 1.807) is 0 Å². The van der Waals surface area contributed by atoms with E-state index in [1.807, 2.05) is 0 Å². The molecule has 0 fully saturated rings. The van der Waals surface area contributed by atoms with E-state index in [-0.39, 0.29) is 11.4 Å². The number of rotatable bonds is 1. The fourth-order valence-electron chi connectivity index (χ4n) is 1.05. The quantitative estimate of drug-likeness (QED) is 0.539. The van der Waals surface area contributed by atoms with Crippen LogP contribution in [0.4, 0.5) is 22.0 Å². The van der Waals surface area contributed by atoms with Gasteiger partial charge in [0.15, 0.2) is 0 Å². The summed E-state index contributed by atoms with van der Waals surface area (Å²) in [5, 5.41) is -0.253. The van der Waals surface area contributed by atoms with Crippen molar-refractivity contribution in [2.75, 3.05) is 0 Å². The molecular weight excluding hydrogens is 271 g/mol. The lowest BCUT2D eigenvalue weighted by atomic mass is 10.1. The van der Waals surface area contributed by atoms with Crippen molar-refractivity contribution in [3.8, 4) is 0 Å². The van der Waals surface area contributed by atoms with Gasteiger partial charge in [-0.3, -0.25) is 0 Å². The van der Waals surface area contributed by atoms with Gasteiger partial charge in [-0.05, 0) is 11.6 Å². The average Bonchev–Trinajstić information content (AvgIpc) is 1.99. The smallest absolute Gasteiger partial charge is 0.207 e. The van der Waals surface area contributed by atoms with Gasteiger partial charge >= 0.3 is 6.18 Å².